The Bertz CT molecular complexity index is 829. The molecular weight excluding hydrogens is 464 g/mol. The third-order valence-corrected chi connectivity index (χ3v) is 5.58. The van der Waals surface area contributed by atoms with Gasteiger partial charge in [0.2, 0.25) is 5.96 Å². The van der Waals surface area contributed by atoms with E-state index in [2.05, 4.69) is 94.0 Å². The lowest BCUT2D eigenvalue weighted by atomic mass is 10.1. The number of hydrogen-bond acceptors (Lipinski definition) is 6. The number of allylic oxidation sites excluding steroid dienone is 2. The van der Waals surface area contributed by atoms with Crippen molar-refractivity contribution in [2.24, 2.45) is 10.1 Å². The van der Waals surface area contributed by atoms with Gasteiger partial charge in [-0.15, -0.1) is 40.5 Å². The van der Waals surface area contributed by atoms with Gasteiger partial charge in [-0.25, -0.2) is 10.4 Å². The molecule has 29 heavy (non-hydrogen) atoms. The lowest BCUT2D eigenvalue weighted by Gasteiger charge is -2.02. The van der Waals surface area contributed by atoms with Crippen molar-refractivity contribution in [3.05, 3.63) is 71.8 Å². The summed E-state index contributed by atoms with van der Waals surface area (Å²) in [5, 5.41) is 7.66. The molecule has 0 fully saturated rings. The molecule has 7 heteroatoms. The first-order valence-corrected chi connectivity index (χ1v) is 11.5. The lowest BCUT2D eigenvalue weighted by Crippen LogP contribution is -2.30. The monoisotopic (exact) mass is 488 g/mol. The number of guanidine groups is 1. The zero-order chi connectivity index (χ0) is 19.6. The Kier molecular flexibility index (Phi) is 10.1. The van der Waals surface area contributed by atoms with Gasteiger partial charge in [-0.1, -0.05) is 36.4 Å². The van der Waals surface area contributed by atoms with Gasteiger partial charge in [0.1, 0.15) is 0 Å². The summed E-state index contributed by atoms with van der Waals surface area (Å²) in [4.78, 5) is 6.83. The molecule has 2 aromatic carbocycles. The molecule has 2 aromatic rings. The summed E-state index contributed by atoms with van der Waals surface area (Å²) in [6.45, 7) is 1.63. The minimum Gasteiger partial charge on any atom is -0.353 e. The second-order valence-corrected chi connectivity index (χ2v) is 7.78. The maximum absolute atomic E-state index is 4.49. The van der Waals surface area contributed by atoms with Gasteiger partial charge >= 0.3 is 0 Å². The minimum absolute atomic E-state index is 0. The third-order valence-electron chi connectivity index (χ3n) is 4.09. The van der Waals surface area contributed by atoms with E-state index in [0.717, 1.165) is 29.9 Å². The van der Waals surface area contributed by atoms with E-state index in [1.807, 2.05) is 12.2 Å². The van der Waals surface area contributed by atoms with Crippen LogP contribution in [0.1, 0.15) is 11.1 Å². The maximum Gasteiger partial charge on any atom is 0.212 e. The van der Waals surface area contributed by atoms with Gasteiger partial charge in [0, 0.05) is 16.3 Å². The Morgan fingerprint density at radius 3 is 1.86 bits per heavy atom. The van der Waals surface area contributed by atoms with Crippen LogP contribution in [0.4, 0.5) is 0 Å². The Hall–Kier alpha value is -1.96. The van der Waals surface area contributed by atoms with E-state index in [1.54, 1.807) is 23.5 Å². The van der Waals surface area contributed by atoms with Crippen LogP contribution in [0.5, 0.6) is 0 Å². The van der Waals surface area contributed by atoms with Crippen LogP contribution in [-0.4, -0.2) is 37.3 Å². The van der Waals surface area contributed by atoms with Crippen LogP contribution < -0.4 is 10.7 Å². The normalized spacial score (nSPS) is 13.1. The highest BCUT2D eigenvalue weighted by Gasteiger charge is 2.02. The highest BCUT2D eigenvalue weighted by Crippen LogP contribution is 2.16. The SMILES string of the molecule is Br.CSc1ccc(C=CC(C=Cc2ccc(SC)cc2)=NNC2=NCCN2)cc1. The van der Waals surface area contributed by atoms with Crippen LogP contribution >= 0.6 is 40.5 Å². The quantitative estimate of drug-likeness (QED) is 0.313. The number of hydrazone groups is 1. The van der Waals surface area contributed by atoms with Crippen molar-refractivity contribution in [2.75, 3.05) is 25.6 Å². The third kappa shape index (κ3) is 7.76. The van der Waals surface area contributed by atoms with Crippen molar-refractivity contribution < 1.29 is 0 Å². The van der Waals surface area contributed by atoms with Crippen LogP contribution in [-0.2, 0) is 0 Å². The second kappa shape index (κ2) is 12.6. The first-order valence-electron chi connectivity index (χ1n) is 9.03. The molecule has 0 bridgehead atoms. The van der Waals surface area contributed by atoms with Crippen molar-refractivity contribution in [1.82, 2.24) is 10.7 Å². The largest absolute Gasteiger partial charge is 0.353 e. The molecule has 0 aliphatic carbocycles. The van der Waals surface area contributed by atoms with Crippen LogP contribution in [0.25, 0.3) is 12.2 Å². The Morgan fingerprint density at radius 2 is 1.45 bits per heavy atom. The van der Waals surface area contributed by atoms with E-state index in [4.69, 9.17) is 0 Å². The summed E-state index contributed by atoms with van der Waals surface area (Å²) in [7, 11) is 0. The molecule has 0 atom stereocenters. The molecule has 0 saturated carbocycles. The number of halogens is 1. The van der Waals surface area contributed by atoms with Crippen LogP contribution in [0.15, 0.2) is 80.6 Å². The molecule has 4 nitrogen and oxygen atoms in total. The molecule has 1 aliphatic rings. The summed E-state index contributed by atoms with van der Waals surface area (Å²) >= 11 is 3.48. The highest BCUT2D eigenvalue weighted by molar-refractivity contribution is 8.93. The first kappa shape index (κ1) is 23.3. The fourth-order valence-electron chi connectivity index (χ4n) is 2.51. The fraction of sp³-hybridized carbons (Fsp3) is 0.182. The van der Waals surface area contributed by atoms with Crippen molar-refractivity contribution in [2.45, 2.75) is 9.79 Å². The van der Waals surface area contributed by atoms with E-state index in [0.29, 0.717) is 5.96 Å². The lowest BCUT2D eigenvalue weighted by molar-refractivity contribution is 0.918. The first-order chi connectivity index (χ1) is 13.8. The zero-order valence-corrected chi connectivity index (χ0v) is 19.8. The Labute approximate surface area is 191 Å². The average molecular weight is 490 g/mol. The molecule has 1 heterocycles. The molecule has 0 radical (unpaired) electrons. The summed E-state index contributed by atoms with van der Waals surface area (Å²) < 4.78 is 0. The number of hydrogen-bond donors (Lipinski definition) is 2. The van der Waals surface area contributed by atoms with Crippen molar-refractivity contribution in [1.29, 1.82) is 0 Å². The van der Waals surface area contributed by atoms with Gasteiger partial charge in [-0.3, -0.25) is 0 Å². The van der Waals surface area contributed by atoms with E-state index < -0.39 is 0 Å². The van der Waals surface area contributed by atoms with Crippen molar-refractivity contribution in [3.63, 3.8) is 0 Å². The Morgan fingerprint density at radius 1 is 0.931 bits per heavy atom. The Balaban J connectivity index is 0.00000300. The number of benzene rings is 2. The molecule has 0 spiro atoms. The molecule has 0 aromatic heterocycles. The van der Waals surface area contributed by atoms with Gasteiger partial charge in [0.05, 0.1) is 12.3 Å². The van der Waals surface area contributed by atoms with Gasteiger partial charge in [-0.2, -0.15) is 5.10 Å². The van der Waals surface area contributed by atoms with E-state index in [1.165, 1.54) is 9.79 Å². The van der Waals surface area contributed by atoms with E-state index >= 15 is 0 Å². The number of thioether (sulfide) groups is 2. The molecule has 3 rings (SSSR count). The van der Waals surface area contributed by atoms with E-state index in [-0.39, 0.29) is 17.0 Å². The molecule has 1 aliphatic heterocycles. The van der Waals surface area contributed by atoms with Gasteiger partial charge in [-0.05, 0) is 60.1 Å². The van der Waals surface area contributed by atoms with Gasteiger partial charge < -0.3 is 5.32 Å². The molecule has 0 amide bonds. The van der Waals surface area contributed by atoms with Crippen molar-refractivity contribution in [3.8, 4) is 0 Å². The standard InChI is InChI=1S/C22H24N4S2.BrH/c1-27-20-11-5-17(6-12-20)3-9-19(25-26-22-23-15-16-24-22)10-4-18-7-13-21(28-2)14-8-18;/h3-14H,15-16H2,1-2H3,(H2,23,24,26);1H. The number of rotatable bonds is 7. The summed E-state index contributed by atoms with van der Waals surface area (Å²) in [5.74, 6) is 0.716. The van der Waals surface area contributed by atoms with Crippen LogP contribution in [0.2, 0.25) is 0 Å². The number of nitrogens with zero attached hydrogens (tertiary/aromatic N) is 2. The van der Waals surface area contributed by atoms with Crippen LogP contribution in [0.3, 0.4) is 0 Å². The zero-order valence-electron chi connectivity index (χ0n) is 16.5. The summed E-state index contributed by atoms with van der Waals surface area (Å²) in [6, 6.07) is 16.9. The predicted octanol–water partition coefficient (Wildman–Crippen LogP) is 5.34. The molecule has 2 N–H and O–H groups in total. The highest BCUT2D eigenvalue weighted by atomic mass is 79.9. The topological polar surface area (TPSA) is 48.8 Å². The van der Waals surface area contributed by atoms with Crippen molar-refractivity contribution >= 4 is 64.3 Å². The van der Waals surface area contributed by atoms with Gasteiger partial charge in [0.25, 0.3) is 0 Å². The number of nitrogens with one attached hydrogen (secondary N) is 2. The molecular formula is C22H25BrN4S2. The van der Waals surface area contributed by atoms with Crippen LogP contribution in [0, 0.1) is 0 Å². The maximum atomic E-state index is 4.49. The average Bonchev–Trinajstić information content (AvgIpc) is 3.27. The molecule has 0 saturated heterocycles. The summed E-state index contributed by atoms with van der Waals surface area (Å²) in [5.41, 5.74) is 6.10. The number of aliphatic imine (C=N–C) groups is 1. The molecule has 0 unspecified atom stereocenters. The fourth-order valence-corrected chi connectivity index (χ4v) is 3.33. The van der Waals surface area contributed by atoms with E-state index in [9.17, 15) is 0 Å². The summed E-state index contributed by atoms with van der Waals surface area (Å²) in [6.07, 6.45) is 12.3. The van der Waals surface area contributed by atoms with Gasteiger partial charge in [0.15, 0.2) is 0 Å². The second-order valence-electron chi connectivity index (χ2n) is 6.02. The minimum atomic E-state index is 0. The smallest absolute Gasteiger partial charge is 0.212 e. The predicted molar refractivity (Wildman–Crippen MR) is 136 cm³/mol. The molecule has 152 valence electrons.